The third kappa shape index (κ3) is 4.74. The van der Waals surface area contributed by atoms with E-state index >= 15 is 0 Å². The number of hydrogen-bond acceptors (Lipinski definition) is 8. The van der Waals surface area contributed by atoms with E-state index in [4.69, 9.17) is 8.20 Å². The van der Waals surface area contributed by atoms with E-state index < -0.39 is 35.9 Å². The number of aliphatic imine (C=N–C) groups is 1. The van der Waals surface area contributed by atoms with E-state index in [0.29, 0.717) is 37.3 Å². The summed E-state index contributed by atoms with van der Waals surface area (Å²) in [7, 11) is -3.89. The fraction of sp³-hybridized carbons (Fsp3) is 0.280. The molecule has 0 amide bonds. The topological polar surface area (TPSA) is 135 Å². The van der Waals surface area contributed by atoms with E-state index in [2.05, 4.69) is 5.32 Å². The molecule has 3 heterocycles. The Balaban J connectivity index is 1.34. The molecule has 1 saturated heterocycles. The van der Waals surface area contributed by atoms with Gasteiger partial charge < -0.3 is 0 Å². The quantitative estimate of drug-likeness (QED) is 0.286. The average Bonchev–Trinajstić information content (AvgIpc) is 3.23. The van der Waals surface area contributed by atoms with E-state index in [1.165, 1.54) is 16.4 Å². The molecule has 0 aliphatic carbocycles. The van der Waals surface area contributed by atoms with Crippen molar-refractivity contribution in [1.29, 1.82) is 0 Å². The fourth-order valence-corrected chi connectivity index (χ4v) is 10.4. The molecule has 11 heteroatoms. The van der Waals surface area contributed by atoms with Crippen molar-refractivity contribution in [3.8, 4) is 17.2 Å². The van der Waals surface area contributed by atoms with Crippen LogP contribution in [0.4, 0.5) is 0 Å². The number of hydrogen-bond donors (Lipinski definition) is 4. The van der Waals surface area contributed by atoms with Crippen molar-refractivity contribution in [2.75, 3.05) is 19.6 Å². The average molecular weight is 622 g/mol. The molecule has 1 atom stereocenters. The third-order valence-corrected chi connectivity index (χ3v) is 12.9. The zero-order valence-corrected chi connectivity index (χ0v) is 22.6. The van der Waals surface area contributed by atoms with Gasteiger partial charge in [0.1, 0.15) is 0 Å². The minimum atomic E-state index is -3.89. The van der Waals surface area contributed by atoms with Gasteiger partial charge in [0.05, 0.1) is 0 Å². The van der Waals surface area contributed by atoms with Crippen molar-refractivity contribution in [3.05, 3.63) is 67.1 Å². The summed E-state index contributed by atoms with van der Waals surface area (Å²) in [6.07, 6.45) is 5.41. The molecule has 3 aliphatic rings. The molecule has 36 heavy (non-hydrogen) atoms. The number of benzene rings is 2. The molecule has 1 fully saturated rings. The molecular weight excluding hydrogens is 595 g/mol. The molecule has 4 N–H and O–H groups in total. The molecule has 0 bridgehead atoms. The number of nitrogens with zero attached hydrogens (tertiary/aromatic N) is 3. The van der Waals surface area contributed by atoms with Gasteiger partial charge in [0.25, 0.3) is 0 Å². The van der Waals surface area contributed by atoms with Gasteiger partial charge in [-0.1, -0.05) is 0 Å². The second kappa shape index (κ2) is 9.87. The maximum atomic E-state index is 13.2. The number of nitrogens with one attached hydrogen (secondary N) is 1. The second-order valence-corrected chi connectivity index (χ2v) is 15.0. The summed E-state index contributed by atoms with van der Waals surface area (Å²) in [6, 6.07) is 10.6. The van der Waals surface area contributed by atoms with Gasteiger partial charge in [0.2, 0.25) is 0 Å². The van der Waals surface area contributed by atoms with E-state index in [1.54, 1.807) is 12.1 Å². The van der Waals surface area contributed by atoms with Crippen LogP contribution in [-0.2, 0) is 10.0 Å². The van der Waals surface area contributed by atoms with Crippen LogP contribution in [0.15, 0.2) is 74.6 Å². The van der Waals surface area contributed by atoms with E-state index in [1.807, 2.05) is 31.3 Å². The van der Waals surface area contributed by atoms with E-state index in [-0.39, 0.29) is 22.3 Å². The molecule has 190 valence electrons. The summed E-state index contributed by atoms with van der Waals surface area (Å²) in [6.45, 7) is 3.26. The molecule has 3 aliphatic heterocycles. The first-order chi connectivity index (χ1) is 17.2. The molecule has 0 spiro atoms. The Kier molecular flexibility index (Phi) is 6.79. The number of allylic oxidation sites excluding steroid dienone is 2. The van der Waals surface area contributed by atoms with Gasteiger partial charge in [-0.3, -0.25) is 0 Å². The first-order valence-electron chi connectivity index (χ1n) is 11.5. The van der Waals surface area contributed by atoms with Gasteiger partial charge in [-0.15, -0.1) is 0 Å². The number of aromatic hydroxyl groups is 3. The molecule has 2 aromatic rings. The Bertz CT molecular complexity index is 1430. The van der Waals surface area contributed by atoms with E-state index in [9.17, 15) is 23.7 Å². The zero-order valence-electron chi connectivity index (χ0n) is 19.6. The monoisotopic (exact) mass is 622 g/mol. The van der Waals surface area contributed by atoms with Gasteiger partial charge in [-0.25, -0.2) is 0 Å². The van der Waals surface area contributed by atoms with Crippen LogP contribution < -0.4 is 5.32 Å². The number of halogens is 1. The van der Waals surface area contributed by atoms with Gasteiger partial charge >= 0.3 is 218 Å². The summed E-state index contributed by atoms with van der Waals surface area (Å²) in [5, 5.41) is 33.6. The third-order valence-electron chi connectivity index (χ3n) is 6.29. The summed E-state index contributed by atoms with van der Waals surface area (Å²) in [5.74, 6) is -0.421. The summed E-state index contributed by atoms with van der Waals surface area (Å²) in [4.78, 5) is 4.63. The SMILES string of the molecule is CC1=C2N=C(c3ccccc3O)C=C(NCC3CCCN(S(=O)(=O)c4ccc(O)cc4O)C3)I2N=C1. The van der Waals surface area contributed by atoms with Crippen molar-refractivity contribution >= 4 is 42.0 Å². The van der Waals surface area contributed by atoms with Crippen LogP contribution in [0.1, 0.15) is 25.3 Å². The van der Waals surface area contributed by atoms with Crippen molar-refractivity contribution in [3.63, 3.8) is 0 Å². The number of rotatable bonds is 6. The zero-order chi connectivity index (χ0) is 25.4. The molecule has 5 rings (SSSR count). The van der Waals surface area contributed by atoms with Crippen LogP contribution in [0.5, 0.6) is 17.2 Å². The van der Waals surface area contributed by atoms with Crippen LogP contribution in [0.2, 0.25) is 0 Å². The Morgan fingerprint density at radius 1 is 1.14 bits per heavy atom. The molecule has 0 radical (unpaired) electrons. The van der Waals surface area contributed by atoms with E-state index in [0.717, 1.165) is 25.5 Å². The van der Waals surface area contributed by atoms with Crippen LogP contribution >= 0.6 is 20.1 Å². The maximum absolute atomic E-state index is 13.2. The van der Waals surface area contributed by atoms with Crippen LogP contribution in [0.3, 0.4) is 0 Å². The Labute approximate surface area is 217 Å². The Hall–Kier alpha value is -2.90. The Morgan fingerprint density at radius 2 is 1.94 bits per heavy atom. The van der Waals surface area contributed by atoms with Crippen LogP contribution in [0.25, 0.3) is 0 Å². The minimum absolute atomic E-state index is 0.0668. The predicted octanol–water partition coefficient (Wildman–Crippen LogP) is 3.88. The van der Waals surface area contributed by atoms with Crippen molar-refractivity contribution in [2.24, 2.45) is 14.1 Å². The number of phenolic OH excluding ortho intramolecular Hbond substituents is 3. The molecule has 9 nitrogen and oxygen atoms in total. The number of para-hydroxylation sites is 1. The molecule has 2 aromatic carbocycles. The first kappa shape index (κ1) is 24.8. The van der Waals surface area contributed by atoms with Gasteiger partial charge in [0.15, 0.2) is 0 Å². The summed E-state index contributed by atoms with van der Waals surface area (Å²) < 4.78 is 34.5. The number of phenols is 3. The van der Waals surface area contributed by atoms with Crippen molar-refractivity contribution in [1.82, 2.24) is 9.62 Å². The fourth-order valence-electron chi connectivity index (χ4n) is 4.41. The molecular formula is C25H27IN4O5S. The van der Waals surface area contributed by atoms with Gasteiger partial charge in [-0.05, 0) is 0 Å². The molecule has 0 saturated carbocycles. The molecule has 1 unspecified atom stereocenters. The summed E-state index contributed by atoms with van der Waals surface area (Å²) >= 11 is -2.09. The number of sulfonamides is 1. The van der Waals surface area contributed by atoms with Crippen LogP contribution in [-0.4, -0.2) is 59.6 Å². The first-order valence-corrected chi connectivity index (χ1v) is 16.1. The number of fused-ring (bicyclic) bond motifs is 1. The van der Waals surface area contributed by atoms with Crippen molar-refractivity contribution in [2.45, 2.75) is 24.7 Å². The summed E-state index contributed by atoms with van der Waals surface area (Å²) in [5.41, 5.74) is 2.37. The molecule has 0 aromatic heterocycles. The van der Waals surface area contributed by atoms with Crippen molar-refractivity contribution < 1.29 is 23.7 Å². The van der Waals surface area contributed by atoms with Gasteiger partial charge in [0, 0.05) is 0 Å². The second-order valence-electron chi connectivity index (χ2n) is 8.87. The Morgan fingerprint density at radius 3 is 2.72 bits per heavy atom. The number of piperidine rings is 1. The van der Waals surface area contributed by atoms with Gasteiger partial charge in [-0.2, -0.15) is 0 Å². The standard InChI is InChI=1S/C25H27IN4O5S/c1-16-13-28-26-24(12-20(29-25(16)26)19-6-2-3-7-21(19)32)27-14-17-5-4-10-30(15-17)36(34,35)23-9-8-18(31)11-22(23)33/h2-3,6-9,11-13,17,27,31-33H,4-5,10,14-15H2,1H3. The normalized spacial score (nSPS) is 21.2. The van der Waals surface area contributed by atoms with Crippen LogP contribution in [0, 0.1) is 5.92 Å². The predicted molar refractivity (Wildman–Crippen MR) is 147 cm³/mol.